The summed E-state index contributed by atoms with van der Waals surface area (Å²) in [5.74, 6) is -2.79. The molecule has 0 radical (unpaired) electrons. The lowest BCUT2D eigenvalue weighted by Crippen LogP contribution is -2.58. The molecular formula is C18H34N4O5S. The van der Waals surface area contributed by atoms with Crippen molar-refractivity contribution in [3.05, 3.63) is 0 Å². The van der Waals surface area contributed by atoms with Gasteiger partial charge in [-0.05, 0) is 25.2 Å². The third-order valence-electron chi connectivity index (χ3n) is 4.44. The first-order chi connectivity index (χ1) is 12.9. The summed E-state index contributed by atoms with van der Waals surface area (Å²) in [5, 5.41) is 16.4. The molecule has 5 unspecified atom stereocenters. The summed E-state index contributed by atoms with van der Waals surface area (Å²) < 4.78 is 0. The van der Waals surface area contributed by atoms with Gasteiger partial charge < -0.3 is 26.8 Å². The minimum atomic E-state index is -1.18. The van der Waals surface area contributed by atoms with Crippen LogP contribution >= 0.6 is 12.6 Å². The first-order valence-electron chi connectivity index (χ1n) is 9.44. The minimum absolute atomic E-state index is 0.0202. The molecule has 0 aliphatic rings. The molecule has 3 amide bonds. The van der Waals surface area contributed by atoms with E-state index >= 15 is 0 Å². The van der Waals surface area contributed by atoms with Crippen molar-refractivity contribution in [2.24, 2.45) is 17.6 Å². The van der Waals surface area contributed by atoms with Crippen LogP contribution in [0.1, 0.15) is 47.5 Å². The van der Waals surface area contributed by atoms with E-state index in [4.69, 9.17) is 10.8 Å². The second-order valence-electron chi connectivity index (χ2n) is 7.41. The Kier molecular flexibility index (Phi) is 11.8. The quantitative estimate of drug-likeness (QED) is 0.244. The molecule has 0 aromatic carbocycles. The highest BCUT2D eigenvalue weighted by Crippen LogP contribution is 2.08. The van der Waals surface area contributed by atoms with Crippen LogP contribution in [0.15, 0.2) is 0 Å². The summed E-state index contributed by atoms with van der Waals surface area (Å²) in [6, 6.07) is -3.75. The number of amides is 3. The Morgan fingerprint density at radius 3 is 1.86 bits per heavy atom. The topological polar surface area (TPSA) is 151 Å². The summed E-state index contributed by atoms with van der Waals surface area (Å²) in [6.07, 6.45) is 1.02. The molecule has 0 bridgehead atoms. The molecule has 10 heteroatoms. The Labute approximate surface area is 172 Å². The number of carbonyl (C=O) groups excluding carboxylic acids is 3. The van der Waals surface area contributed by atoms with Crippen molar-refractivity contribution in [3.8, 4) is 0 Å². The van der Waals surface area contributed by atoms with Gasteiger partial charge in [0.2, 0.25) is 17.7 Å². The van der Waals surface area contributed by atoms with Crippen LogP contribution in [0.4, 0.5) is 0 Å². The van der Waals surface area contributed by atoms with E-state index in [2.05, 4.69) is 28.6 Å². The second kappa shape index (κ2) is 12.6. The Balaban J connectivity index is 5.12. The molecule has 28 heavy (non-hydrogen) atoms. The third-order valence-corrected chi connectivity index (χ3v) is 4.81. The standard InChI is InChI=1S/C18H34N4O5S/c1-6-10(4)14(19)17(25)22-13(8-28)16(24)21-12(7-9(2)3)15(23)20-11(5)18(26)27/h9-14,28H,6-8,19H2,1-5H3,(H,20,23)(H,21,24)(H,22,25)(H,26,27). The molecular weight excluding hydrogens is 384 g/mol. The van der Waals surface area contributed by atoms with E-state index in [0.717, 1.165) is 0 Å². The minimum Gasteiger partial charge on any atom is -0.480 e. The zero-order chi connectivity index (χ0) is 22.0. The van der Waals surface area contributed by atoms with Gasteiger partial charge in [-0.15, -0.1) is 0 Å². The summed E-state index contributed by atoms with van der Waals surface area (Å²) >= 11 is 4.10. The number of nitrogens with one attached hydrogen (secondary N) is 3. The number of carboxylic acids is 1. The smallest absolute Gasteiger partial charge is 0.325 e. The largest absolute Gasteiger partial charge is 0.480 e. The molecule has 0 fully saturated rings. The number of nitrogens with two attached hydrogens (primary N) is 1. The van der Waals surface area contributed by atoms with E-state index in [-0.39, 0.29) is 17.6 Å². The van der Waals surface area contributed by atoms with Crippen LogP contribution in [-0.2, 0) is 19.2 Å². The van der Waals surface area contributed by atoms with Crippen LogP contribution in [0.25, 0.3) is 0 Å². The summed E-state index contributed by atoms with van der Waals surface area (Å²) in [4.78, 5) is 48.1. The number of hydrogen-bond acceptors (Lipinski definition) is 6. The van der Waals surface area contributed by atoms with E-state index in [1.54, 1.807) is 0 Å². The van der Waals surface area contributed by atoms with Gasteiger partial charge in [-0.2, -0.15) is 12.6 Å². The zero-order valence-electron chi connectivity index (χ0n) is 17.2. The molecule has 0 saturated carbocycles. The maximum Gasteiger partial charge on any atom is 0.325 e. The molecule has 5 atom stereocenters. The van der Waals surface area contributed by atoms with Crippen molar-refractivity contribution in [1.82, 2.24) is 16.0 Å². The van der Waals surface area contributed by atoms with Crippen molar-refractivity contribution in [3.63, 3.8) is 0 Å². The third kappa shape index (κ3) is 8.92. The molecule has 9 nitrogen and oxygen atoms in total. The van der Waals surface area contributed by atoms with Gasteiger partial charge in [-0.3, -0.25) is 19.2 Å². The molecule has 0 rings (SSSR count). The van der Waals surface area contributed by atoms with Gasteiger partial charge in [0.05, 0.1) is 6.04 Å². The van der Waals surface area contributed by atoms with Crippen LogP contribution in [0.5, 0.6) is 0 Å². The second-order valence-corrected chi connectivity index (χ2v) is 7.78. The van der Waals surface area contributed by atoms with Crippen LogP contribution in [0.2, 0.25) is 0 Å². The monoisotopic (exact) mass is 418 g/mol. The lowest BCUT2D eigenvalue weighted by atomic mass is 9.99. The highest BCUT2D eigenvalue weighted by molar-refractivity contribution is 7.80. The fourth-order valence-corrected chi connectivity index (χ4v) is 2.58. The lowest BCUT2D eigenvalue weighted by Gasteiger charge is -2.25. The number of carbonyl (C=O) groups is 4. The van der Waals surface area contributed by atoms with Gasteiger partial charge in [0.15, 0.2) is 0 Å². The van der Waals surface area contributed by atoms with Gasteiger partial charge in [0, 0.05) is 5.75 Å². The van der Waals surface area contributed by atoms with Crippen LogP contribution < -0.4 is 21.7 Å². The summed E-state index contributed by atoms with van der Waals surface area (Å²) in [6.45, 7) is 8.83. The molecule has 0 saturated heterocycles. The summed E-state index contributed by atoms with van der Waals surface area (Å²) in [7, 11) is 0. The van der Waals surface area contributed by atoms with Crippen LogP contribution in [0, 0.1) is 11.8 Å². The van der Waals surface area contributed by atoms with E-state index in [9.17, 15) is 19.2 Å². The molecule has 0 aliphatic carbocycles. The predicted octanol–water partition coefficient (Wildman–Crippen LogP) is -0.105. The Morgan fingerprint density at radius 1 is 0.929 bits per heavy atom. The molecule has 0 spiro atoms. The normalized spacial score (nSPS) is 16.4. The van der Waals surface area contributed by atoms with Gasteiger partial charge in [-0.1, -0.05) is 34.1 Å². The van der Waals surface area contributed by atoms with Crippen molar-refractivity contribution < 1.29 is 24.3 Å². The predicted molar refractivity (Wildman–Crippen MR) is 110 cm³/mol. The van der Waals surface area contributed by atoms with Gasteiger partial charge >= 0.3 is 5.97 Å². The van der Waals surface area contributed by atoms with E-state index < -0.39 is 47.9 Å². The Hall–Kier alpha value is -1.81. The van der Waals surface area contributed by atoms with Crippen molar-refractivity contribution >= 4 is 36.3 Å². The van der Waals surface area contributed by atoms with E-state index in [1.807, 2.05) is 27.7 Å². The molecule has 0 aromatic heterocycles. The van der Waals surface area contributed by atoms with Crippen molar-refractivity contribution in [2.45, 2.75) is 71.6 Å². The number of aliphatic carboxylic acids is 1. The molecule has 0 heterocycles. The SMILES string of the molecule is CCC(C)C(N)C(=O)NC(CS)C(=O)NC(CC(C)C)C(=O)NC(C)C(=O)O. The fraction of sp³-hybridized carbons (Fsp3) is 0.778. The van der Waals surface area contributed by atoms with Crippen molar-refractivity contribution in [2.75, 3.05) is 5.75 Å². The maximum atomic E-state index is 12.6. The molecule has 0 aliphatic heterocycles. The average Bonchev–Trinajstić information content (AvgIpc) is 2.62. The fourth-order valence-electron chi connectivity index (χ4n) is 2.33. The zero-order valence-corrected chi connectivity index (χ0v) is 18.1. The highest BCUT2D eigenvalue weighted by Gasteiger charge is 2.29. The number of carboxylic acid groups (broad SMARTS) is 1. The van der Waals surface area contributed by atoms with Crippen LogP contribution in [-0.4, -0.2) is 58.7 Å². The van der Waals surface area contributed by atoms with Gasteiger partial charge in [0.1, 0.15) is 18.1 Å². The first-order valence-corrected chi connectivity index (χ1v) is 10.1. The van der Waals surface area contributed by atoms with Crippen molar-refractivity contribution in [1.29, 1.82) is 0 Å². The Morgan fingerprint density at radius 2 is 1.43 bits per heavy atom. The number of hydrogen-bond donors (Lipinski definition) is 6. The first kappa shape index (κ1) is 26.2. The molecule has 162 valence electrons. The number of rotatable bonds is 12. The Bertz CT molecular complexity index is 558. The average molecular weight is 419 g/mol. The lowest BCUT2D eigenvalue weighted by molar-refractivity contribution is -0.141. The molecule has 6 N–H and O–H groups in total. The number of thiol groups is 1. The maximum absolute atomic E-state index is 12.6. The summed E-state index contributed by atoms with van der Waals surface area (Å²) in [5.41, 5.74) is 5.88. The van der Waals surface area contributed by atoms with E-state index in [0.29, 0.717) is 12.8 Å². The van der Waals surface area contributed by atoms with E-state index in [1.165, 1.54) is 6.92 Å². The highest BCUT2D eigenvalue weighted by atomic mass is 32.1. The van der Waals surface area contributed by atoms with Gasteiger partial charge in [0.25, 0.3) is 0 Å². The van der Waals surface area contributed by atoms with Gasteiger partial charge in [-0.25, -0.2) is 0 Å². The van der Waals surface area contributed by atoms with Crippen LogP contribution in [0.3, 0.4) is 0 Å². The molecule has 0 aromatic rings.